The highest BCUT2D eigenvalue weighted by Crippen LogP contribution is 2.26. The molecule has 1 heterocycles. The first kappa shape index (κ1) is 11.9. The van der Waals surface area contributed by atoms with Gasteiger partial charge in [-0.25, -0.2) is 0 Å². The van der Waals surface area contributed by atoms with Gasteiger partial charge >= 0.3 is 0 Å². The van der Waals surface area contributed by atoms with Gasteiger partial charge in [-0.05, 0) is 37.2 Å². The third-order valence-electron chi connectivity index (χ3n) is 3.05. The number of ketones is 1. The average Bonchev–Trinajstić information content (AvgIpc) is 2.32. The zero-order chi connectivity index (χ0) is 12.3. The van der Waals surface area contributed by atoms with Crippen molar-refractivity contribution in [2.24, 2.45) is 5.92 Å². The fourth-order valence-corrected chi connectivity index (χ4v) is 1.90. The minimum absolute atomic E-state index is 0.118. The summed E-state index contributed by atoms with van der Waals surface area (Å²) < 4.78 is 10.3. The van der Waals surface area contributed by atoms with Crippen molar-refractivity contribution in [3.8, 4) is 11.5 Å². The molecule has 1 saturated heterocycles. The van der Waals surface area contributed by atoms with Crippen LogP contribution in [-0.2, 0) is 0 Å². The highest BCUT2D eigenvalue weighted by Gasteiger charge is 2.23. The topological polar surface area (TPSA) is 47.6 Å². The molecule has 1 fully saturated rings. The molecule has 0 amide bonds. The van der Waals surface area contributed by atoms with E-state index in [0.29, 0.717) is 29.4 Å². The number of hydrogen-bond acceptors (Lipinski definition) is 4. The van der Waals surface area contributed by atoms with Crippen LogP contribution in [0, 0.1) is 5.92 Å². The molecule has 0 radical (unpaired) electrons. The lowest BCUT2D eigenvalue weighted by molar-refractivity contribution is 0.0942. The van der Waals surface area contributed by atoms with E-state index in [0.717, 1.165) is 13.1 Å². The van der Waals surface area contributed by atoms with E-state index in [4.69, 9.17) is 9.47 Å². The summed E-state index contributed by atoms with van der Waals surface area (Å²) in [6, 6.07) is 5.30. The second kappa shape index (κ2) is 5.19. The lowest BCUT2D eigenvalue weighted by atomic mass is 9.93. The van der Waals surface area contributed by atoms with Crippen molar-refractivity contribution in [2.75, 3.05) is 27.3 Å². The van der Waals surface area contributed by atoms with Gasteiger partial charge in [-0.2, -0.15) is 0 Å². The summed E-state index contributed by atoms with van der Waals surface area (Å²) in [7, 11) is 3.16. The van der Waals surface area contributed by atoms with Crippen LogP contribution in [0.5, 0.6) is 11.5 Å². The van der Waals surface area contributed by atoms with Gasteiger partial charge in [0.2, 0.25) is 0 Å². The van der Waals surface area contributed by atoms with Gasteiger partial charge in [0, 0.05) is 6.42 Å². The maximum Gasteiger partial charge on any atom is 0.167 e. The van der Waals surface area contributed by atoms with Gasteiger partial charge in [-0.15, -0.1) is 0 Å². The first-order valence-corrected chi connectivity index (χ1v) is 5.70. The van der Waals surface area contributed by atoms with E-state index in [9.17, 15) is 4.79 Å². The smallest absolute Gasteiger partial charge is 0.167 e. The highest BCUT2D eigenvalue weighted by molar-refractivity contribution is 5.99. The predicted octanol–water partition coefficient (Wildman–Crippen LogP) is 1.50. The molecule has 0 aliphatic carbocycles. The quantitative estimate of drug-likeness (QED) is 0.786. The number of Topliss-reactive ketones (excluding diaryl/α,β-unsaturated/α-hetero) is 1. The van der Waals surface area contributed by atoms with Crippen LogP contribution in [0.25, 0.3) is 0 Å². The zero-order valence-corrected chi connectivity index (χ0v) is 10.2. The molecule has 0 bridgehead atoms. The Morgan fingerprint density at radius 1 is 1.35 bits per heavy atom. The van der Waals surface area contributed by atoms with Crippen molar-refractivity contribution in [3.05, 3.63) is 23.8 Å². The highest BCUT2D eigenvalue weighted by atomic mass is 16.5. The zero-order valence-electron chi connectivity index (χ0n) is 10.2. The molecular formula is C13H17NO3. The van der Waals surface area contributed by atoms with Crippen LogP contribution in [-0.4, -0.2) is 33.1 Å². The fourth-order valence-electron chi connectivity index (χ4n) is 1.90. The molecule has 0 aromatic heterocycles. The molecule has 1 aromatic rings. The Labute approximate surface area is 101 Å². The van der Waals surface area contributed by atoms with E-state index in [1.807, 2.05) is 0 Å². The minimum atomic E-state index is 0.118. The molecule has 4 nitrogen and oxygen atoms in total. The third-order valence-corrected chi connectivity index (χ3v) is 3.05. The van der Waals surface area contributed by atoms with Gasteiger partial charge in [-0.3, -0.25) is 4.79 Å². The molecule has 1 N–H and O–H groups in total. The van der Waals surface area contributed by atoms with Crippen molar-refractivity contribution in [3.63, 3.8) is 0 Å². The molecule has 4 heteroatoms. The SMILES string of the molecule is COc1ccc(OC)c(C(=O)CC2CNC2)c1. The molecular weight excluding hydrogens is 218 g/mol. The van der Waals surface area contributed by atoms with Crippen LogP contribution in [0.2, 0.25) is 0 Å². The molecule has 1 aliphatic heterocycles. The van der Waals surface area contributed by atoms with Crippen LogP contribution < -0.4 is 14.8 Å². The number of rotatable bonds is 5. The summed E-state index contributed by atoms with van der Waals surface area (Å²) in [5.41, 5.74) is 0.610. The molecule has 17 heavy (non-hydrogen) atoms. The van der Waals surface area contributed by atoms with Crippen molar-refractivity contribution < 1.29 is 14.3 Å². The van der Waals surface area contributed by atoms with Crippen LogP contribution in [0.3, 0.4) is 0 Å². The summed E-state index contributed by atoms with van der Waals surface area (Å²) in [5.74, 6) is 1.87. The Kier molecular flexibility index (Phi) is 3.64. The largest absolute Gasteiger partial charge is 0.497 e. The van der Waals surface area contributed by atoms with E-state index in [2.05, 4.69) is 5.32 Å². The molecule has 92 valence electrons. The lowest BCUT2D eigenvalue weighted by Crippen LogP contribution is -2.42. The van der Waals surface area contributed by atoms with Crippen molar-refractivity contribution >= 4 is 5.78 Å². The molecule has 0 saturated carbocycles. The molecule has 1 aromatic carbocycles. The number of hydrogen-bond donors (Lipinski definition) is 1. The Bertz CT molecular complexity index is 413. The minimum Gasteiger partial charge on any atom is -0.497 e. The van der Waals surface area contributed by atoms with Crippen molar-refractivity contribution in [2.45, 2.75) is 6.42 Å². The molecule has 0 spiro atoms. The molecule has 2 rings (SSSR count). The van der Waals surface area contributed by atoms with Gasteiger partial charge in [-0.1, -0.05) is 0 Å². The fraction of sp³-hybridized carbons (Fsp3) is 0.462. The number of methoxy groups -OCH3 is 2. The number of benzene rings is 1. The number of ether oxygens (including phenoxy) is 2. The monoisotopic (exact) mass is 235 g/mol. The predicted molar refractivity (Wildman–Crippen MR) is 64.9 cm³/mol. The Balaban J connectivity index is 2.18. The number of nitrogens with one attached hydrogen (secondary N) is 1. The maximum absolute atomic E-state index is 12.1. The summed E-state index contributed by atoms with van der Waals surface area (Å²) >= 11 is 0. The molecule has 0 unspecified atom stereocenters. The third kappa shape index (κ3) is 2.58. The van der Waals surface area contributed by atoms with Crippen LogP contribution in [0.15, 0.2) is 18.2 Å². The van der Waals surface area contributed by atoms with Crippen LogP contribution in [0.4, 0.5) is 0 Å². The first-order chi connectivity index (χ1) is 8.24. The first-order valence-electron chi connectivity index (χ1n) is 5.70. The second-order valence-corrected chi connectivity index (χ2v) is 4.22. The van der Waals surface area contributed by atoms with E-state index >= 15 is 0 Å². The van der Waals surface area contributed by atoms with Gasteiger partial charge in [0.25, 0.3) is 0 Å². The van der Waals surface area contributed by atoms with Crippen molar-refractivity contribution in [1.29, 1.82) is 0 Å². The molecule has 1 aliphatic rings. The number of carbonyl (C=O) groups excluding carboxylic acids is 1. The van der Waals surface area contributed by atoms with Gasteiger partial charge < -0.3 is 14.8 Å². The normalized spacial score (nSPS) is 15.2. The Morgan fingerprint density at radius 3 is 2.65 bits per heavy atom. The summed E-state index contributed by atoms with van der Waals surface area (Å²) in [5, 5.41) is 3.16. The van der Waals surface area contributed by atoms with E-state index in [1.54, 1.807) is 32.4 Å². The molecule has 0 atom stereocenters. The number of carbonyl (C=O) groups is 1. The second-order valence-electron chi connectivity index (χ2n) is 4.22. The van der Waals surface area contributed by atoms with Crippen LogP contribution in [0.1, 0.15) is 16.8 Å². The maximum atomic E-state index is 12.1. The van der Waals surface area contributed by atoms with Gasteiger partial charge in [0.1, 0.15) is 11.5 Å². The Morgan fingerprint density at radius 2 is 2.12 bits per heavy atom. The standard InChI is InChI=1S/C13H17NO3/c1-16-10-3-4-13(17-2)11(6-10)12(15)5-9-7-14-8-9/h3-4,6,9,14H,5,7-8H2,1-2H3. The van der Waals surface area contributed by atoms with E-state index < -0.39 is 0 Å². The summed E-state index contributed by atoms with van der Waals surface area (Å²) in [4.78, 5) is 12.1. The summed E-state index contributed by atoms with van der Waals surface area (Å²) in [6.07, 6.45) is 0.566. The van der Waals surface area contributed by atoms with Crippen LogP contribution >= 0.6 is 0 Å². The lowest BCUT2D eigenvalue weighted by Gasteiger charge is -2.26. The van der Waals surface area contributed by atoms with Crippen molar-refractivity contribution in [1.82, 2.24) is 5.32 Å². The average molecular weight is 235 g/mol. The van der Waals surface area contributed by atoms with E-state index in [1.165, 1.54) is 0 Å². The van der Waals surface area contributed by atoms with Gasteiger partial charge in [0.15, 0.2) is 5.78 Å². The van der Waals surface area contributed by atoms with E-state index in [-0.39, 0.29) is 5.78 Å². The van der Waals surface area contributed by atoms with Gasteiger partial charge in [0.05, 0.1) is 19.8 Å². The summed E-state index contributed by atoms with van der Waals surface area (Å²) in [6.45, 7) is 1.86. The Hall–Kier alpha value is -1.55.